The summed E-state index contributed by atoms with van der Waals surface area (Å²) in [5.74, 6) is -1.41. The Kier molecular flexibility index (Phi) is 2.25. The summed E-state index contributed by atoms with van der Waals surface area (Å²) in [7, 11) is 0. The van der Waals surface area contributed by atoms with Crippen molar-refractivity contribution in [2.24, 2.45) is 0 Å². The Labute approximate surface area is 100 Å². The van der Waals surface area contributed by atoms with Crippen molar-refractivity contribution in [3.8, 4) is 0 Å². The topological polar surface area (TPSA) is 83.0 Å². The predicted octanol–water partition coefficient (Wildman–Crippen LogP) is 1.49. The molecule has 0 fully saturated rings. The van der Waals surface area contributed by atoms with Gasteiger partial charge >= 0.3 is 5.97 Å². The summed E-state index contributed by atoms with van der Waals surface area (Å²) < 4.78 is 0. The highest BCUT2D eigenvalue weighted by Gasteiger charge is 2.31. The molecule has 5 nitrogen and oxygen atoms in total. The van der Waals surface area contributed by atoms with Crippen LogP contribution in [0.1, 0.15) is 29.2 Å². The molecule has 6 heteroatoms. The van der Waals surface area contributed by atoms with E-state index in [1.54, 1.807) is 0 Å². The maximum absolute atomic E-state index is 11.8. The molecule has 1 unspecified atom stereocenters. The van der Waals surface area contributed by atoms with Gasteiger partial charge in [0.05, 0.1) is 17.6 Å². The number of nitrogens with one attached hydrogen (secondary N) is 1. The molecule has 2 heterocycles. The van der Waals surface area contributed by atoms with Crippen LogP contribution in [0.5, 0.6) is 0 Å². The third-order valence-electron chi connectivity index (χ3n) is 3.15. The summed E-state index contributed by atoms with van der Waals surface area (Å²) in [5, 5.41) is 9.70. The van der Waals surface area contributed by atoms with Crippen molar-refractivity contribution < 1.29 is 9.90 Å². The average Bonchev–Trinajstić information content (AvgIpc) is 2.67. The highest BCUT2D eigenvalue weighted by Crippen LogP contribution is 2.40. The van der Waals surface area contributed by atoms with E-state index in [0.717, 1.165) is 17.7 Å². The largest absolute Gasteiger partial charge is 0.481 e. The Balaban J connectivity index is 2.37. The molecule has 2 aromatic rings. The number of carboxylic acids is 1. The van der Waals surface area contributed by atoms with Crippen LogP contribution in [0.25, 0.3) is 10.2 Å². The van der Waals surface area contributed by atoms with Gasteiger partial charge in [-0.05, 0) is 24.8 Å². The lowest BCUT2D eigenvalue weighted by Gasteiger charge is -2.18. The van der Waals surface area contributed by atoms with E-state index >= 15 is 0 Å². The molecule has 1 atom stereocenters. The van der Waals surface area contributed by atoms with Crippen LogP contribution in [-0.4, -0.2) is 21.0 Å². The first-order valence-electron chi connectivity index (χ1n) is 5.40. The predicted molar refractivity (Wildman–Crippen MR) is 63.6 cm³/mol. The summed E-state index contributed by atoms with van der Waals surface area (Å²) in [6.45, 7) is 0. The molecule has 0 amide bonds. The van der Waals surface area contributed by atoms with Crippen LogP contribution in [0, 0.1) is 0 Å². The highest BCUT2D eigenvalue weighted by atomic mass is 32.1. The number of carboxylic acid groups (broad SMARTS) is 1. The molecule has 0 radical (unpaired) electrons. The van der Waals surface area contributed by atoms with Gasteiger partial charge in [-0.1, -0.05) is 0 Å². The molecular weight excluding hydrogens is 240 g/mol. The Morgan fingerprint density at radius 3 is 3.18 bits per heavy atom. The third-order valence-corrected chi connectivity index (χ3v) is 4.32. The fraction of sp³-hybridized carbons (Fsp3) is 0.364. The van der Waals surface area contributed by atoms with Gasteiger partial charge in [0.25, 0.3) is 5.56 Å². The number of H-pyrrole nitrogens is 1. The van der Waals surface area contributed by atoms with E-state index in [0.29, 0.717) is 22.2 Å². The van der Waals surface area contributed by atoms with E-state index in [1.807, 2.05) is 0 Å². The van der Waals surface area contributed by atoms with Gasteiger partial charge in [0.2, 0.25) is 0 Å². The summed E-state index contributed by atoms with van der Waals surface area (Å²) in [5.41, 5.74) is 0.457. The van der Waals surface area contributed by atoms with Gasteiger partial charge in [-0.2, -0.15) is 0 Å². The Hall–Kier alpha value is -1.69. The number of nitrogens with zero attached hydrogens (tertiary/aromatic N) is 1. The zero-order valence-electron chi connectivity index (χ0n) is 8.90. The Morgan fingerprint density at radius 2 is 2.41 bits per heavy atom. The number of carbonyl (C=O) groups is 1. The van der Waals surface area contributed by atoms with Crippen LogP contribution < -0.4 is 5.56 Å². The number of thiophene rings is 1. The highest BCUT2D eigenvalue weighted by molar-refractivity contribution is 7.18. The first kappa shape index (κ1) is 10.5. The number of aliphatic carboxylic acids is 1. The summed E-state index contributed by atoms with van der Waals surface area (Å²) in [6.07, 6.45) is 3.67. The molecule has 3 rings (SSSR count). The van der Waals surface area contributed by atoms with E-state index in [4.69, 9.17) is 0 Å². The fourth-order valence-corrected chi connectivity index (χ4v) is 3.67. The van der Waals surface area contributed by atoms with Gasteiger partial charge < -0.3 is 10.1 Å². The molecule has 1 aliphatic rings. The van der Waals surface area contributed by atoms with Crippen molar-refractivity contribution in [2.75, 3.05) is 0 Å². The molecule has 2 aromatic heterocycles. The van der Waals surface area contributed by atoms with Crippen LogP contribution in [0.2, 0.25) is 0 Å². The van der Waals surface area contributed by atoms with Gasteiger partial charge in [-0.25, -0.2) is 4.98 Å². The summed E-state index contributed by atoms with van der Waals surface area (Å²) in [4.78, 5) is 31.3. The van der Waals surface area contributed by atoms with Crippen LogP contribution in [0.4, 0.5) is 0 Å². The normalized spacial score (nSPS) is 19.2. The fourth-order valence-electron chi connectivity index (χ4n) is 2.42. The number of aromatic nitrogens is 2. The minimum Gasteiger partial charge on any atom is -0.481 e. The van der Waals surface area contributed by atoms with Crippen LogP contribution in [0.3, 0.4) is 0 Å². The van der Waals surface area contributed by atoms with E-state index in [2.05, 4.69) is 9.97 Å². The van der Waals surface area contributed by atoms with Crippen molar-refractivity contribution in [2.45, 2.75) is 25.2 Å². The molecule has 1 aliphatic carbocycles. The van der Waals surface area contributed by atoms with Gasteiger partial charge in [-0.15, -0.1) is 11.3 Å². The van der Waals surface area contributed by atoms with Crippen molar-refractivity contribution in [1.29, 1.82) is 0 Å². The van der Waals surface area contributed by atoms with Crippen molar-refractivity contribution >= 4 is 27.5 Å². The number of aromatic amines is 1. The summed E-state index contributed by atoms with van der Waals surface area (Å²) >= 11 is 1.44. The van der Waals surface area contributed by atoms with E-state index in [1.165, 1.54) is 17.7 Å². The molecule has 0 saturated carbocycles. The molecule has 0 spiro atoms. The quantitative estimate of drug-likeness (QED) is 0.803. The number of aryl methyl sites for hydroxylation is 1. The molecule has 0 bridgehead atoms. The number of fused-ring (bicyclic) bond motifs is 3. The maximum atomic E-state index is 11.8. The second-order valence-electron chi connectivity index (χ2n) is 4.13. The molecule has 17 heavy (non-hydrogen) atoms. The first-order chi connectivity index (χ1) is 8.18. The zero-order chi connectivity index (χ0) is 12.0. The molecule has 2 N–H and O–H groups in total. The number of rotatable bonds is 1. The SMILES string of the molecule is O=C(O)C1CCCc2sc3nc[nH]c(=O)c3c21. The Morgan fingerprint density at radius 1 is 1.59 bits per heavy atom. The van der Waals surface area contributed by atoms with Gasteiger partial charge in [0, 0.05) is 4.88 Å². The van der Waals surface area contributed by atoms with Crippen molar-refractivity contribution in [1.82, 2.24) is 9.97 Å². The van der Waals surface area contributed by atoms with Gasteiger partial charge in [0.1, 0.15) is 4.83 Å². The van der Waals surface area contributed by atoms with E-state index in [9.17, 15) is 14.7 Å². The van der Waals surface area contributed by atoms with Gasteiger partial charge in [0.15, 0.2) is 0 Å². The zero-order valence-corrected chi connectivity index (χ0v) is 9.71. The standard InChI is InChI=1S/C11H10N2O3S/c14-9-8-7-5(11(15)16)2-1-3-6(7)17-10(8)13-4-12-9/h4-5H,1-3H2,(H,15,16)(H,12,13,14). The maximum Gasteiger partial charge on any atom is 0.311 e. The second-order valence-corrected chi connectivity index (χ2v) is 5.22. The van der Waals surface area contributed by atoms with Crippen molar-refractivity contribution in [3.05, 3.63) is 27.1 Å². The Bertz CT molecular complexity index is 658. The minimum absolute atomic E-state index is 0.236. The monoisotopic (exact) mass is 250 g/mol. The third kappa shape index (κ3) is 1.48. The van der Waals surface area contributed by atoms with Crippen LogP contribution >= 0.6 is 11.3 Å². The number of hydrogen-bond acceptors (Lipinski definition) is 4. The van der Waals surface area contributed by atoms with Crippen LogP contribution in [0.15, 0.2) is 11.1 Å². The van der Waals surface area contributed by atoms with Gasteiger partial charge in [-0.3, -0.25) is 9.59 Å². The molecule has 0 saturated heterocycles. The smallest absolute Gasteiger partial charge is 0.311 e. The average molecular weight is 250 g/mol. The van der Waals surface area contributed by atoms with Crippen LogP contribution in [-0.2, 0) is 11.2 Å². The minimum atomic E-state index is -0.853. The first-order valence-corrected chi connectivity index (χ1v) is 6.22. The molecular formula is C11H10N2O3S. The van der Waals surface area contributed by atoms with E-state index < -0.39 is 11.9 Å². The summed E-state index contributed by atoms with van der Waals surface area (Å²) in [6, 6.07) is 0. The number of hydrogen-bond donors (Lipinski definition) is 2. The lowest BCUT2D eigenvalue weighted by molar-refractivity contribution is -0.139. The van der Waals surface area contributed by atoms with Crippen molar-refractivity contribution in [3.63, 3.8) is 0 Å². The second kappa shape index (κ2) is 3.66. The lowest BCUT2D eigenvalue weighted by atomic mass is 9.86. The van der Waals surface area contributed by atoms with E-state index in [-0.39, 0.29) is 5.56 Å². The molecule has 88 valence electrons. The molecule has 0 aliphatic heterocycles. The molecule has 0 aromatic carbocycles. The lowest BCUT2D eigenvalue weighted by Crippen LogP contribution is -2.19.